The number of nitrogens with zero attached hydrogens (tertiary/aromatic N) is 3. The van der Waals surface area contributed by atoms with Crippen LogP contribution in [0.5, 0.6) is 5.88 Å². The van der Waals surface area contributed by atoms with E-state index in [4.69, 9.17) is 4.74 Å². The van der Waals surface area contributed by atoms with Crippen LogP contribution in [-0.2, 0) is 0 Å². The Morgan fingerprint density at radius 2 is 2.24 bits per heavy atom. The number of fused-ring (bicyclic) bond motifs is 1. The Kier molecular flexibility index (Phi) is 2.82. The molecule has 0 unspecified atom stereocenters. The second kappa shape index (κ2) is 4.28. The van der Waals surface area contributed by atoms with Crippen LogP contribution in [0.15, 0.2) is 12.4 Å². The molecule has 2 rings (SSSR count). The average Bonchev–Trinajstić information content (AvgIpc) is 2.84. The molecule has 2 aromatic rings. The molecule has 90 valence electrons. The number of carbonyl (C=O) groups excluding carboxylic acids is 1. The molecule has 0 aliphatic rings. The number of anilines is 1. The van der Waals surface area contributed by atoms with Gasteiger partial charge in [0, 0.05) is 14.1 Å². The number of carbonyl (C=O) groups is 1. The van der Waals surface area contributed by atoms with Crippen molar-refractivity contribution in [3.05, 3.63) is 18.0 Å². The fourth-order valence-corrected chi connectivity index (χ4v) is 1.66. The topological polar surface area (TPSA) is 80.5 Å². The Labute approximate surface area is 97.8 Å². The van der Waals surface area contributed by atoms with Gasteiger partial charge in [-0.15, -0.1) is 10.2 Å². The van der Waals surface area contributed by atoms with Crippen molar-refractivity contribution >= 4 is 17.2 Å². The molecule has 0 atom stereocenters. The lowest BCUT2D eigenvalue weighted by Gasteiger charge is -2.12. The third-order valence-electron chi connectivity index (χ3n) is 2.46. The van der Waals surface area contributed by atoms with E-state index in [0.29, 0.717) is 22.8 Å². The molecule has 1 amide bonds. The van der Waals surface area contributed by atoms with Gasteiger partial charge in [0.05, 0.1) is 18.4 Å². The van der Waals surface area contributed by atoms with Crippen molar-refractivity contribution in [2.24, 2.45) is 0 Å². The number of amides is 1. The third-order valence-corrected chi connectivity index (χ3v) is 2.46. The van der Waals surface area contributed by atoms with Crippen molar-refractivity contribution in [2.45, 2.75) is 0 Å². The summed E-state index contributed by atoms with van der Waals surface area (Å²) in [6.45, 7) is 0. The summed E-state index contributed by atoms with van der Waals surface area (Å²) in [4.78, 5) is 11.7. The summed E-state index contributed by atoms with van der Waals surface area (Å²) in [5.41, 5.74) is 1.59. The molecule has 2 aromatic heterocycles. The normalized spacial score (nSPS) is 10.3. The zero-order valence-electron chi connectivity index (χ0n) is 9.81. The third kappa shape index (κ3) is 1.65. The van der Waals surface area contributed by atoms with Crippen LogP contribution in [0.2, 0.25) is 0 Å². The highest BCUT2D eigenvalue weighted by atomic mass is 16.5. The summed E-state index contributed by atoms with van der Waals surface area (Å²) >= 11 is 0. The number of rotatable bonds is 3. The zero-order valence-corrected chi connectivity index (χ0v) is 9.81. The molecule has 7 heteroatoms. The highest BCUT2D eigenvalue weighted by Crippen LogP contribution is 2.27. The first-order chi connectivity index (χ1) is 8.22. The summed E-state index contributed by atoms with van der Waals surface area (Å²) in [6, 6.07) is 1.68. The van der Waals surface area contributed by atoms with E-state index in [1.54, 1.807) is 31.7 Å². The van der Waals surface area contributed by atoms with Crippen molar-refractivity contribution in [2.75, 3.05) is 26.5 Å². The van der Waals surface area contributed by atoms with Crippen LogP contribution < -0.4 is 15.4 Å². The van der Waals surface area contributed by atoms with Gasteiger partial charge < -0.3 is 15.4 Å². The van der Waals surface area contributed by atoms with Crippen molar-refractivity contribution in [1.82, 2.24) is 19.9 Å². The lowest BCUT2D eigenvalue weighted by molar-refractivity contribution is 0.0964. The van der Waals surface area contributed by atoms with E-state index >= 15 is 0 Å². The predicted molar refractivity (Wildman–Crippen MR) is 62.5 cm³/mol. The van der Waals surface area contributed by atoms with Gasteiger partial charge in [-0.05, 0) is 6.07 Å². The Morgan fingerprint density at radius 3 is 2.82 bits per heavy atom. The number of pyridine rings is 1. The number of hydrogen-bond donors (Lipinski definition) is 2. The summed E-state index contributed by atoms with van der Waals surface area (Å²) in [7, 11) is 4.87. The van der Waals surface area contributed by atoms with Crippen molar-refractivity contribution in [1.29, 1.82) is 0 Å². The molecular weight excluding hydrogens is 222 g/mol. The minimum absolute atomic E-state index is 0.220. The summed E-state index contributed by atoms with van der Waals surface area (Å²) in [5, 5.41) is 13.2. The quantitative estimate of drug-likeness (QED) is 0.791. The van der Waals surface area contributed by atoms with Gasteiger partial charge in [0.2, 0.25) is 5.88 Å². The minimum Gasteiger partial charge on any atom is -0.480 e. The molecule has 0 aliphatic heterocycles. The molecule has 0 fully saturated rings. The molecule has 0 saturated heterocycles. The number of hydrogen-bond acceptors (Lipinski definition) is 5. The van der Waals surface area contributed by atoms with E-state index in [0.717, 1.165) is 0 Å². The van der Waals surface area contributed by atoms with Crippen LogP contribution in [0.25, 0.3) is 5.65 Å². The first-order valence-corrected chi connectivity index (χ1v) is 5.03. The van der Waals surface area contributed by atoms with E-state index < -0.39 is 0 Å². The van der Waals surface area contributed by atoms with Gasteiger partial charge in [-0.3, -0.25) is 4.79 Å². The van der Waals surface area contributed by atoms with Crippen molar-refractivity contribution < 1.29 is 9.53 Å². The fraction of sp³-hybridized carbons (Fsp3) is 0.300. The maximum absolute atomic E-state index is 11.7. The summed E-state index contributed by atoms with van der Waals surface area (Å²) in [5.74, 6) is 0.335. The maximum Gasteiger partial charge on any atom is 0.254 e. The molecule has 0 bridgehead atoms. The van der Waals surface area contributed by atoms with Crippen LogP contribution in [0, 0.1) is 0 Å². The highest BCUT2D eigenvalue weighted by Gasteiger charge is 2.17. The van der Waals surface area contributed by atoms with Crippen LogP contribution in [0.4, 0.5) is 5.69 Å². The summed E-state index contributed by atoms with van der Waals surface area (Å²) in [6.07, 6.45) is 1.50. The number of aromatic nitrogens is 3. The lowest BCUT2D eigenvalue weighted by atomic mass is 10.2. The second-order valence-corrected chi connectivity index (χ2v) is 3.33. The zero-order chi connectivity index (χ0) is 12.4. The van der Waals surface area contributed by atoms with E-state index in [9.17, 15) is 4.79 Å². The van der Waals surface area contributed by atoms with E-state index in [1.807, 2.05) is 0 Å². The van der Waals surface area contributed by atoms with Crippen LogP contribution in [0.1, 0.15) is 10.4 Å². The van der Waals surface area contributed by atoms with Gasteiger partial charge in [0.25, 0.3) is 5.91 Å². The van der Waals surface area contributed by atoms with E-state index in [1.165, 1.54) is 6.33 Å². The number of nitrogens with one attached hydrogen (secondary N) is 2. The molecule has 17 heavy (non-hydrogen) atoms. The highest BCUT2D eigenvalue weighted by molar-refractivity contribution is 6.01. The van der Waals surface area contributed by atoms with Crippen molar-refractivity contribution in [3.8, 4) is 5.88 Å². The largest absolute Gasteiger partial charge is 0.480 e. The number of ether oxygens (including phenoxy) is 1. The Hall–Kier alpha value is -2.31. The molecule has 2 heterocycles. The molecular formula is C10H13N5O2. The molecule has 0 saturated carbocycles. The standard InChI is InChI=1S/C10H13N5O2/c1-11-7-4-6(9(16)12-2)8-14-13-5-15(8)10(7)17-3/h4-5,11H,1-3H3,(H,12,16). The van der Waals surface area contributed by atoms with Gasteiger partial charge in [-0.1, -0.05) is 0 Å². The number of methoxy groups -OCH3 is 1. The van der Waals surface area contributed by atoms with Crippen LogP contribution in [-0.4, -0.2) is 41.7 Å². The molecule has 2 N–H and O–H groups in total. The Morgan fingerprint density at radius 1 is 1.47 bits per heavy atom. The smallest absolute Gasteiger partial charge is 0.254 e. The maximum atomic E-state index is 11.7. The van der Waals surface area contributed by atoms with Gasteiger partial charge in [-0.2, -0.15) is 0 Å². The lowest BCUT2D eigenvalue weighted by Crippen LogP contribution is -2.19. The molecule has 0 spiro atoms. The molecule has 0 aliphatic carbocycles. The van der Waals surface area contributed by atoms with E-state index in [2.05, 4.69) is 20.8 Å². The van der Waals surface area contributed by atoms with Crippen LogP contribution in [0.3, 0.4) is 0 Å². The first kappa shape index (κ1) is 11.2. The van der Waals surface area contributed by atoms with Gasteiger partial charge in [0.15, 0.2) is 5.65 Å². The minimum atomic E-state index is -0.220. The molecule has 0 aromatic carbocycles. The fourth-order valence-electron chi connectivity index (χ4n) is 1.66. The molecule has 0 radical (unpaired) electrons. The predicted octanol–water partition coefficient (Wildman–Crippen LogP) is 0.139. The van der Waals surface area contributed by atoms with E-state index in [-0.39, 0.29) is 5.91 Å². The van der Waals surface area contributed by atoms with Gasteiger partial charge in [0.1, 0.15) is 6.33 Å². The SMILES string of the molecule is CNC(=O)c1cc(NC)c(OC)n2cnnc12. The van der Waals surface area contributed by atoms with Gasteiger partial charge >= 0.3 is 0 Å². The van der Waals surface area contributed by atoms with Crippen LogP contribution >= 0.6 is 0 Å². The van der Waals surface area contributed by atoms with Crippen molar-refractivity contribution in [3.63, 3.8) is 0 Å². The monoisotopic (exact) mass is 235 g/mol. The van der Waals surface area contributed by atoms with Gasteiger partial charge in [-0.25, -0.2) is 4.40 Å². The average molecular weight is 235 g/mol. The second-order valence-electron chi connectivity index (χ2n) is 3.33. The Balaban J connectivity index is 2.77. The Bertz CT molecular complexity index is 563. The first-order valence-electron chi connectivity index (χ1n) is 5.03. The summed E-state index contributed by atoms with van der Waals surface area (Å²) < 4.78 is 6.89. The molecule has 7 nitrogen and oxygen atoms in total.